The molecule has 10 amide bonds. The number of nitro groups is 1. The zero-order valence-electron chi connectivity index (χ0n) is 75.4. The summed E-state index contributed by atoms with van der Waals surface area (Å²) in [5.41, 5.74) is 1.61. The lowest BCUT2D eigenvalue weighted by molar-refractivity contribution is -0.386. The number of fused-ring (bicyclic) bond motifs is 4. The summed E-state index contributed by atoms with van der Waals surface area (Å²) in [4.78, 5) is 166. The molecule has 0 bridgehead atoms. The number of amides is 10. The Morgan fingerprint density at radius 2 is 0.993 bits per heavy atom. The van der Waals surface area contributed by atoms with Gasteiger partial charge in [0.25, 0.3) is 23.6 Å². The van der Waals surface area contributed by atoms with E-state index in [4.69, 9.17) is 85.4 Å². The fraction of sp³-hybridized carbons (Fsp3) is 0.539. The van der Waals surface area contributed by atoms with Crippen LogP contribution in [0.2, 0.25) is 0 Å². The molecule has 10 atom stereocenters. The number of hydrogen-bond acceptors (Lipinski definition) is 35. The minimum atomic E-state index is -1.76. The van der Waals surface area contributed by atoms with E-state index in [0.29, 0.717) is 110 Å². The first-order valence-electron chi connectivity index (χ1n) is 43.5. The van der Waals surface area contributed by atoms with Gasteiger partial charge in [-0.2, -0.15) is 9.59 Å². The summed E-state index contributed by atoms with van der Waals surface area (Å²) in [7, 11) is 2.74. The molecule has 732 valence electrons. The van der Waals surface area contributed by atoms with E-state index < -0.39 is 139 Å². The highest BCUT2D eigenvalue weighted by Gasteiger charge is 2.48. The number of imide groups is 1. The number of methoxy groups -OCH3 is 2. The summed E-state index contributed by atoms with van der Waals surface area (Å²) in [6.45, 7) is 12.8. The maximum atomic E-state index is 14.4. The van der Waals surface area contributed by atoms with Crippen LogP contribution in [0.1, 0.15) is 111 Å². The Balaban J connectivity index is 0.00000663. The van der Waals surface area contributed by atoms with Crippen LogP contribution in [0.5, 0.6) is 28.7 Å². The fourth-order valence-electron chi connectivity index (χ4n) is 14.4. The van der Waals surface area contributed by atoms with E-state index in [2.05, 4.69) is 21.3 Å². The van der Waals surface area contributed by atoms with Gasteiger partial charge in [0.2, 0.25) is 29.9 Å². The van der Waals surface area contributed by atoms with Gasteiger partial charge in [-0.15, -0.1) is 0 Å². The summed E-state index contributed by atoms with van der Waals surface area (Å²) in [5, 5.41) is 77.5. The van der Waals surface area contributed by atoms with Crippen molar-refractivity contribution in [3.05, 3.63) is 135 Å². The van der Waals surface area contributed by atoms with Gasteiger partial charge in [0.1, 0.15) is 43.6 Å². The maximum Gasteiger partial charge on any atom is 0.416 e. The Morgan fingerprint density at radius 1 is 0.537 bits per heavy atom. The number of ether oxygens (including phenoxy) is 16. The largest absolute Gasteiger partial charge is 0.493 e. The van der Waals surface area contributed by atoms with Gasteiger partial charge in [0.05, 0.1) is 179 Å². The van der Waals surface area contributed by atoms with Crippen molar-refractivity contribution in [1.29, 1.82) is 0 Å². The molecule has 45 nitrogen and oxygen atoms in total. The van der Waals surface area contributed by atoms with Crippen LogP contribution >= 0.6 is 0 Å². The normalized spacial score (nSPS) is 19.2. The van der Waals surface area contributed by atoms with Crippen molar-refractivity contribution in [2.45, 2.75) is 154 Å². The third kappa shape index (κ3) is 30.4. The molecule has 0 spiro atoms. The monoisotopic (exact) mass is 1880 g/mol. The van der Waals surface area contributed by atoms with Gasteiger partial charge < -0.3 is 132 Å². The number of nitrogens with zero attached hydrogens (tertiary/aromatic N) is 6. The molecule has 9 N–H and O–H groups in total. The van der Waals surface area contributed by atoms with Crippen LogP contribution in [-0.2, 0) is 104 Å². The van der Waals surface area contributed by atoms with Gasteiger partial charge in [-0.05, 0) is 100 Å². The molecular weight excluding hydrogens is 1770 g/mol. The molecule has 0 aromatic heterocycles. The highest BCUT2D eigenvalue weighted by Crippen LogP contribution is 2.45. The smallest absolute Gasteiger partial charge is 0.416 e. The van der Waals surface area contributed by atoms with Gasteiger partial charge in [0, 0.05) is 74.4 Å². The van der Waals surface area contributed by atoms with E-state index in [1.165, 1.54) is 79.5 Å². The van der Waals surface area contributed by atoms with Crippen molar-refractivity contribution in [2.75, 3.05) is 168 Å². The van der Waals surface area contributed by atoms with E-state index in [-0.39, 0.29) is 160 Å². The Bertz CT molecular complexity index is 4780. The maximum absolute atomic E-state index is 14.4. The Kier molecular flexibility index (Phi) is 42.2. The van der Waals surface area contributed by atoms with Crippen molar-refractivity contribution < 1.29 is 164 Å². The number of carbonyl (C=O) groups excluding carboxylic acids is 12. The number of anilines is 3. The van der Waals surface area contributed by atoms with Gasteiger partial charge in [-0.25, -0.2) is 19.4 Å². The summed E-state index contributed by atoms with van der Waals surface area (Å²) >= 11 is 0. The summed E-state index contributed by atoms with van der Waals surface area (Å²) in [6, 6.07) is 11.6. The Hall–Kier alpha value is -12.2. The average Bonchev–Trinajstić information content (AvgIpc) is 1.60. The number of nitrogens with one attached hydrogen (secondary N) is 4. The number of benzene rings is 4. The Labute approximate surface area is 771 Å². The van der Waals surface area contributed by atoms with Crippen LogP contribution in [0.4, 0.5) is 32.3 Å². The third-order valence-corrected chi connectivity index (χ3v) is 21.4. The number of aliphatic hydroxyl groups excluding tert-OH is 5. The van der Waals surface area contributed by atoms with Crippen LogP contribution < -0.4 is 54.8 Å². The SMILES string of the molecule is COc1cc2c(cc1OCCCCCOc1cc3c(cc1OC)C(=O)N1C=C(C)C[C@H]1[C@H](O)N3C(=O)OCc1ccc(O[C@@H]3OC[C@@H](O)[C@H](O)[C@H]3O)c([N+](=O)[O-])c1)N(C(=O)OCc1ccc(NC(=O)[C@H](C)NC(=O)[C@@H](NC(=O)CCOCCOCCOCCOCCOCCOCCOCCOCCNC(=O)CCN3C(=O)C=CC3=O)C(C)C)cc1)[C@@H](O)[C@@H]1CC(C)=CN1C2=O.O=C=O. The number of nitro benzene ring substituents is 1. The van der Waals surface area contributed by atoms with Crippen LogP contribution in [-0.4, -0.2) is 325 Å². The molecule has 6 heterocycles. The molecule has 134 heavy (non-hydrogen) atoms. The second kappa shape index (κ2) is 53.6. The number of hydrogen-bond donors (Lipinski definition) is 9. The highest BCUT2D eigenvalue weighted by molar-refractivity contribution is 6.13. The quantitative estimate of drug-likeness (QED) is 0.0133. The molecule has 45 heteroatoms. The predicted molar refractivity (Wildman–Crippen MR) is 465 cm³/mol. The molecule has 0 radical (unpaired) electrons. The standard InChI is InChI=1S/C88H116N10O33.CO2/c1-53(2)77(92-74(101)20-25-118-27-29-120-31-33-122-35-37-124-39-40-125-38-36-123-34-32-121-30-28-119-26-21-89-73(100)19-22-93-75(102)17-18-76(93)103)81(107)90-56(5)80(106)91-59-14-11-57(12-15-59)50-129-87(112)96-62-46-71(69(116-6)44-60(62)82(108)94-48-54(3)41-65(94)84(96)110)126-23-9-8-10-24-127-72-47-63-61(45-70(72)117-7)83(109)95-49-55(4)42-66(95)85(111)97(63)88(113)130-51-58-13-16-68(64(43-58)98(114)115)131-86-79(105)78(104)67(99)52-128-86;2-1-3/h11-18,43-49,53,56,65-67,77-79,84-86,99,104-105,110-111H,8-10,19-42,50-52H2,1-7H3,(H,89,100)(H,90,107)(H,91,106)(H,92,101);/t56-,65-,66-,67+,77-,78-,79+,84-,85-,86-;/m0./s1. The molecule has 1 fully saturated rings. The topological polar surface area (TPSA) is 561 Å². The molecule has 4 aromatic carbocycles. The Morgan fingerprint density at radius 3 is 1.46 bits per heavy atom. The van der Waals surface area contributed by atoms with Crippen LogP contribution in [0.25, 0.3) is 0 Å². The average molecular weight is 1890 g/mol. The van der Waals surface area contributed by atoms with E-state index in [9.17, 15) is 83.6 Å². The van der Waals surface area contributed by atoms with Crippen LogP contribution in [0, 0.1) is 16.0 Å². The lowest BCUT2D eigenvalue weighted by Gasteiger charge is -2.34. The zero-order valence-corrected chi connectivity index (χ0v) is 75.4. The van der Waals surface area contributed by atoms with Gasteiger partial charge >= 0.3 is 24.0 Å². The molecule has 1 saturated heterocycles. The molecule has 6 aliphatic rings. The molecule has 0 aliphatic carbocycles. The summed E-state index contributed by atoms with van der Waals surface area (Å²) < 4.78 is 90.3. The van der Waals surface area contributed by atoms with Gasteiger partial charge in [-0.1, -0.05) is 43.2 Å². The second-order valence-corrected chi connectivity index (χ2v) is 31.5. The minimum Gasteiger partial charge on any atom is -0.493 e. The molecule has 0 saturated carbocycles. The van der Waals surface area contributed by atoms with Gasteiger partial charge in [0.15, 0.2) is 41.2 Å². The van der Waals surface area contributed by atoms with Crippen LogP contribution in [0.15, 0.2) is 102 Å². The van der Waals surface area contributed by atoms with Crippen molar-refractivity contribution in [3.8, 4) is 28.7 Å². The minimum absolute atomic E-state index is 0.00156. The van der Waals surface area contributed by atoms with E-state index in [1.807, 2.05) is 0 Å². The number of unbranched alkanes of at least 4 members (excludes halogenated alkanes) is 2. The van der Waals surface area contributed by atoms with Gasteiger partial charge in [-0.3, -0.25) is 53.4 Å². The highest BCUT2D eigenvalue weighted by atomic mass is 16.7. The lowest BCUT2D eigenvalue weighted by Crippen LogP contribution is -2.54. The van der Waals surface area contributed by atoms with E-state index >= 15 is 0 Å². The van der Waals surface area contributed by atoms with Crippen LogP contribution in [0.3, 0.4) is 0 Å². The number of carbonyl (C=O) groups is 10. The molecule has 10 rings (SSSR count). The predicted octanol–water partition coefficient (Wildman–Crippen LogP) is 3.20. The van der Waals surface area contributed by atoms with Crippen molar-refractivity contribution in [2.24, 2.45) is 5.92 Å². The summed E-state index contributed by atoms with van der Waals surface area (Å²) in [5.74, 6) is -4.08. The zero-order chi connectivity index (χ0) is 96.9. The molecule has 6 aliphatic heterocycles. The summed E-state index contributed by atoms with van der Waals surface area (Å²) in [6.07, 6.45) is -4.38. The first-order chi connectivity index (χ1) is 64.5. The second-order valence-electron chi connectivity index (χ2n) is 31.5. The molecular formula is C89H116N10O35. The lowest BCUT2D eigenvalue weighted by atomic mass is 10.0. The molecule has 4 aromatic rings. The van der Waals surface area contributed by atoms with Crippen molar-refractivity contribution in [3.63, 3.8) is 0 Å². The van der Waals surface area contributed by atoms with E-state index in [1.54, 1.807) is 64.4 Å². The van der Waals surface area contributed by atoms with E-state index in [0.717, 1.165) is 31.9 Å². The fourth-order valence-corrected chi connectivity index (χ4v) is 14.4. The number of rotatable bonds is 53. The van der Waals surface area contributed by atoms with Crippen molar-refractivity contribution >= 4 is 88.3 Å². The first-order valence-corrected chi connectivity index (χ1v) is 43.5. The first kappa shape index (κ1) is 106. The van der Waals surface area contributed by atoms with Crippen molar-refractivity contribution in [1.82, 2.24) is 30.7 Å². The third-order valence-electron chi connectivity index (χ3n) is 21.4. The molecule has 0 unspecified atom stereocenters. The number of aliphatic hydroxyl groups is 5.